The molecule has 0 saturated carbocycles. The molecular formula is C10H10BrF3N2O. The number of hydrogen-bond acceptors (Lipinski definition) is 2. The van der Waals surface area contributed by atoms with Gasteiger partial charge < -0.3 is 5.32 Å². The van der Waals surface area contributed by atoms with Gasteiger partial charge in [-0.1, -0.05) is 0 Å². The number of rotatable bonds is 2. The molecule has 0 aromatic carbocycles. The van der Waals surface area contributed by atoms with Gasteiger partial charge in [0.15, 0.2) is 0 Å². The molecule has 1 N–H and O–H groups in total. The highest BCUT2D eigenvalue weighted by atomic mass is 79.9. The van der Waals surface area contributed by atoms with Gasteiger partial charge in [-0.15, -0.1) is 0 Å². The number of nitrogens with one attached hydrogen (secondary N) is 1. The number of pyridine rings is 1. The minimum Gasteiger partial charge on any atom is -0.337 e. The molecule has 1 rings (SSSR count). The van der Waals surface area contributed by atoms with Crippen molar-refractivity contribution in [3.05, 3.63) is 28.5 Å². The highest BCUT2D eigenvalue weighted by molar-refractivity contribution is 9.10. The fourth-order valence-electron chi connectivity index (χ4n) is 0.967. The summed E-state index contributed by atoms with van der Waals surface area (Å²) in [5, 5.41) is 1.90. The molecule has 0 radical (unpaired) electrons. The first-order valence-electron chi connectivity index (χ1n) is 4.65. The summed E-state index contributed by atoms with van der Waals surface area (Å²) in [5.41, 5.74) is -2.38. The van der Waals surface area contributed by atoms with Gasteiger partial charge >= 0.3 is 6.18 Å². The highest BCUT2D eigenvalue weighted by Gasteiger charge is 2.48. The minimum absolute atomic E-state index is 0.0789. The Morgan fingerprint density at radius 2 is 2.00 bits per heavy atom. The van der Waals surface area contributed by atoms with E-state index >= 15 is 0 Å². The summed E-state index contributed by atoms with van der Waals surface area (Å²) in [4.78, 5) is 15.3. The smallest absolute Gasteiger partial charge is 0.337 e. The van der Waals surface area contributed by atoms with E-state index in [1.165, 1.54) is 12.3 Å². The van der Waals surface area contributed by atoms with E-state index < -0.39 is 17.6 Å². The molecule has 0 atom stereocenters. The van der Waals surface area contributed by atoms with Crippen molar-refractivity contribution >= 4 is 21.8 Å². The maximum absolute atomic E-state index is 12.6. The van der Waals surface area contributed by atoms with Crippen LogP contribution in [0.1, 0.15) is 24.3 Å². The third-order valence-electron chi connectivity index (χ3n) is 2.11. The molecule has 0 saturated heterocycles. The van der Waals surface area contributed by atoms with Gasteiger partial charge in [0, 0.05) is 10.7 Å². The van der Waals surface area contributed by atoms with Crippen LogP contribution in [0.15, 0.2) is 22.8 Å². The van der Waals surface area contributed by atoms with Gasteiger partial charge in [0.05, 0.1) is 0 Å². The van der Waals surface area contributed by atoms with Gasteiger partial charge in [-0.2, -0.15) is 13.2 Å². The molecule has 3 nitrogen and oxygen atoms in total. The Morgan fingerprint density at radius 1 is 1.41 bits per heavy atom. The van der Waals surface area contributed by atoms with Crippen LogP contribution in [0.3, 0.4) is 0 Å². The average molecular weight is 311 g/mol. The number of aromatic nitrogens is 1. The second-order valence-electron chi connectivity index (χ2n) is 3.91. The van der Waals surface area contributed by atoms with E-state index in [0.717, 1.165) is 13.8 Å². The Hall–Kier alpha value is -1.11. The van der Waals surface area contributed by atoms with E-state index in [1.807, 2.05) is 5.32 Å². The first-order chi connectivity index (χ1) is 7.65. The third kappa shape index (κ3) is 3.18. The molecule has 0 fully saturated rings. The normalized spacial score (nSPS) is 12.4. The van der Waals surface area contributed by atoms with E-state index in [1.54, 1.807) is 6.07 Å². The largest absolute Gasteiger partial charge is 0.410 e. The van der Waals surface area contributed by atoms with Crippen molar-refractivity contribution in [2.24, 2.45) is 0 Å². The Morgan fingerprint density at radius 3 is 2.47 bits per heavy atom. The van der Waals surface area contributed by atoms with Crippen molar-refractivity contribution in [2.45, 2.75) is 25.6 Å². The zero-order valence-electron chi connectivity index (χ0n) is 9.10. The Kier molecular flexibility index (Phi) is 3.81. The van der Waals surface area contributed by atoms with Crippen LogP contribution in [0, 0.1) is 0 Å². The van der Waals surface area contributed by atoms with E-state index in [-0.39, 0.29) is 5.69 Å². The third-order valence-corrected chi connectivity index (χ3v) is 2.75. The van der Waals surface area contributed by atoms with Crippen molar-refractivity contribution in [1.29, 1.82) is 0 Å². The van der Waals surface area contributed by atoms with E-state index in [4.69, 9.17) is 0 Å². The summed E-state index contributed by atoms with van der Waals surface area (Å²) in [7, 11) is 0. The molecule has 0 aliphatic heterocycles. The quantitative estimate of drug-likeness (QED) is 0.912. The Balaban J connectivity index is 2.92. The van der Waals surface area contributed by atoms with Crippen LogP contribution in [0.4, 0.5) is 13.2 Å². The number of carbonyl (C=O) groups excluding carboxylic acids is 1. The lowest BCUT2D eigenvalue weighted by Gasteiger charge is -2.28. The summed E-state index contributed by atoms with van der Waals surface area (Å²) in [6.45, 7) is 1.78. The molecule has 1 heterocycles. The standard InChI is InChI=1S/C10H10BrF3N2O/c1-9(2,10(12,13)14)16-8(17)7-6(11)4-3-5-15-7/h3-5H,1-2H3,(H,16,17). The van der Waals surface area contributed by atoms with Crippen LogP contribution in [0.2, 0.25) is 0 Å². The van der Waals surface area contributed by atoms with Crippen LogP contribution in [-0.2, 0) is 0 Å². The molecule has 1 amide bonds. The van der Waals surface area contributed by atoms with Crippen molar-refractivity contribution < 1.29 is 18.0 Å². The molecule has 0 unspecified atom stereocenters. The second-order valence-corrected chi connectivity index (χ2v) is 4.77. The minimum atomic E-state index is -4.52. The number of carbonyl (C=O) groups is 1. The lowest BCUT2D eigenvalue weighted by Crippen LogP contribution is -2.54. The van der Waals surface area contributed by atoms with Gasteiger partial charge in [0.1, 0.15) is 11.2 Å². The number of amides is 1. The Bertz CT molecular complexity index is 432. The monoisotopic (exact) mass is 310 g/mol. The summed E-state index contributed by atoms with van der Waals surface area (Å²) < 4.78 is 38.0. The Labute approximate surface area is 105 Å². The summed E-state index contributed by atoms with van der Waals surface area (Å²) in [5.74, 6) is -0.875. The van der Waals surface area contributed by atoms with Crippen molar-refractivity contribution in [3.8, 4) is 0 Å². The first kappa shape index (κ1) is 14.0. The maximum Gasteiger partial charge on any atom is 0.410 e. The predicted octanol–water partition coefficient (Wildman–Crippen LogP) is 2.91. The van der Waals surface area contributed by atoms with Crippen molar-refractivity contribution in [3.63, 3.8) is 0 Å². The number of alkyl halides is 3. The van der Waals surface area contributed by atoms with Gasteiger partial charge in [-0.05, 0) is 41.9 Å². The van der Waals surface area contributed by atoms with Crippen molar-refractivity contribution in [1.82, 2.24) is 10.3 Å². The molecule has 0 aliphatic rings. The molecule has 7 heteroatoms. The van der Waals surface area contributed by atoms with Crippen LogP contribution in [0.5, 0.6) is 0 Å². The van der Waals surface area contributed by atoms with E-state index in [9.17, 15) is 18.0 Å². The summed E-state index contributed by atoms with van der Waals surface area (Å²) in [6, 6.07) is 3.10. The zero-order chi connectivity index (χ0) is 13.3. The molecule has 1 aromatic rings. The van der Waals surface area contributed by atoms with Crippen LogP contribution >= 0.6 is 15.9 Å². The zero-order valence-corrected chi connectivity index (χ0v) is 10.7. The molecule has 1 aromatic heterocycles. The molecule has 0 bridgehead atoms. The van der Waals surface area contributed by atoms with Gasteiger partial charge in [-0.25, -0.2) is 4.98 Å². The number of nitrogens with zero attached hydrogens (tertiary/aromatic N) is 1. The molecule has 0 spiro atoms. The molecule has 0 aliphatic carbocycles. The summed E-state index contributed by atoms with van der Waals surface area (Å²) in [6.07, 6.45) is -3.19. The van der Waals surface area contributed by atoms with Gasteiger partial charge in [-0.3, -0.25) is 4.79 Å². The van der Waals surface area contributed by atoms with E-state index in [0.29, 0.717) is 4.47 Å². The second kappa shape index (κ2) is 4.64. The van der Waals surface area contributed by atoms with Crippen molar-refractivity contribution in [2.75, 3.05) is 0 Å². The topological polar surface area (TPSA) is 42.0 Å². The highest BCUT2D eigenvalue weighted by Crippen LogP contribution is 2.29. The fraction of sp³-hybridized carbons (Fsp3) is 0.400. The predicted molar refractivity (Wildman–Crippen MR) is 59.5 cm³/mol. The average Bonchev–Trinajstić information content (AvgIpc) is 2.15. The number of halogens is 4. The van der Waals surface area contributed by atoms with Crippen LogP contribution in [0.25, 0.3) is 0 Å². The summed E-state index contributed by atoms with van der Waals surface area (Å²) >= 11 is 3.05. The first-order valence-corrected chi connectivity index (χ1v) is 5.44. The SMILES string of the molecule is CC(C)(NC(=O)c1ncccc1Br)C(F)(F)F. The van der Waals surface area contributed by atoms with Crippen LogP contribution in [-0.4, -0.2) is 22.6 Å². The van der Waals surface area contributed by atoms with Crippen LogP contribution < -0.4 is 5.32 Å². The maximum atomic E-state index is 12.6. The number of hydrogen-bond donors (Lipinski definition) is 1. The molecule has 17 heavy (non-hydrogen) atoms. The van der Waals surface area contributed by atoms with E-state index in [2.05, 4.69) is 20.9 Å². The lowest BCUT2D eigenvalue weighted by molar-refractivity contribution is -0.182. The molecular weight excluding hydrogens is 301 g/mol. The lowest BCUT2D eigenvalue weighted by atomic mass is 10.1. The van der Waals surface area contributed by atoms with Gasteiger partial charge in [0.2, 0.25) is 0 Å². The fourth-order valence-corrected chi connectivity index (χ4v) is 1.40. The molecule has 94 valence electrons. The van der Waals surface area contributed by atoms with Gasteiger partial charge in [0.25, 0.3) is 5.91 Å².